The second-order valence-electron chi connectivity index (χ2n) is 3.38. The first-order chi connectivity index (χ1) is 8.50. The first kappa shape index (κ1) is 12.4. The lowest BCUT2D eigenvalue weighted by atomic mass is 10.1. The van der Waals surface area contributed by atoms with Crippen molar-refractivity contribution in [1.29, 1.82) is 0 Å². The zero-order valence-electron chi connectivity index (χ0n) is 9.11. The van der Waals surface area contributed by atoms with Crippen molar-refractivity contribution >= 4 is 17.8 Å². The van der Waals surface area contributed by atoms with Gasteiger partial charge in [-0.2, -0.15) is 0 Å². The fraction of sp³-hybridized carbons (Fsp3) is 0.0909. The van der Waals surface area contributed by atoms with Gasteiger partial charge >= 0.3 is 6.16 Å². The summed E-state index contributed by atoms with van der Waals surface area (Å²) in [7, 11) is 0. The molecule has 1 aromatic carbocycles. The molecule has 0 saturated carbocycles. The lowest BCUT2D eigenvalue weighted by Gasteiger charge is -2.04. The van der Waals surface area contributed by atoms with Crippen LogP contribution in [0, 0.1) is 12.7 Å². The molecule has 0 radical (unpaired) electrons. The van der Waals surface area contributed by atoms with E-state index in [4.69, 9.17) is 21.2 Å². The van der Waals surface area contributed by atoms with Crippen LogP contribution in [0.1, 0.15) is 5.76 Å². The molecule has 2 rings (SSSR count). The van der Waals surface area contributed by atoms with Gasteiger partial charge in [0.25, 0.3) is 0 Å². The minimum Gasteiger partial charge on any atom is -0.449 e. The second-order valence-corrected chi connectivity index (χ2v) is 3.79. The van der Waals surface area contributed by atoms with Gasteiger partial charge in [-0.05, 0) is 12.1 Å². The Morgan fingerprint density at radius 3 is 2.89 bits per heavy atom. The summed E-state index contributed by atoms with van der Waals surface area (Å²) in [6.07, 6.45) is -1.55. The Morgan fingerprint density at radius 2 is 2.28 bits per heavy atom. The van der Waals surface area contributed by atoms with Gasteiger partial charge in [0, 0.05) is 6.92 Å². The third-order valence-electron chi connectivity index (χ3n) is 2.20. The molecule has 1 aromatic heterocycles. The van der Waals surface area contributed by atoms with Crippen LogP contribution in [0.25, 0.3) is 11.3 Å². The van der Waals surface area contributed by atoms with Crippen LogP contribution in [0.15, 0.2) is 22.7 Å². The molecule has 0 bridgehead atoms. The minimum atomic E-state index is -1.55. The number of hydrogen-bond acceptors (Lipinski definition) is 4. The average Bonchev–Trinajstić information content (AvgIpc) is 2.61. The van der Waals surface area contributed by atoms with E-state index in [1.807, 2.05) is 0 Å². The normalized spacial score (nSPS) is 10.4. The van der Waals surface area contributed by atoms with Gasteiger partial charge in [0.1, 0.15) is 5.82 Å². The molecular weight excluding hydrogens is 265 g/mol. The highest BCUT2D eigenvalue weighted by Crippen LogP contribution is 2.37. The molecule has 0 unspecified atom stereocenters. The molecule has 0 fully saturated rings. The molecule has 2 aromatic rings. The number of aryl methyl sites for hydroxylation is 1. The van der Waals surface area contributed by atoms with Crippen LogP contribution in [-0.2, 0) is 0 Å². The maximum absolute atomic E-state index is 13.7. The molecule has 1 heterocycles. The summed E-state index contributed by atoms with van der Waals surface area (Å²) in [6.45, 7) is 1.45. The predicted molar refractivity (Wildman–Crippen MR) is 60.3 cm³/mol. The van der Waals surface area contributed by atoms with Crippen LogP contribution < -0.4 is 4.74 Å². The zero-order chi connectivity index (χ0) is 13.3. The van der Waals surface area contributed by atoms with Crippen LogP contribution in [-0.4, -0.2) is 16.4 Å². The number of nitrogens with zero attached hydrogens (tertiary/aromatic N) is 1. The number of hydrogen-bond donors (Lipinski definition) is 1. The first-order valence-electron chi connectivity index (χ1n) is 4.82. The van der Waals surface area contributed by atoms with Crippen LogP contribution in [0.5, 0.6) is 5.75 Å². The quantitative estimate of drug-likeness (QED) is 0.846. The van der Waals surface area contributed by atoms with E-state index in [-0.39, 0.29) is 27.8 Å². The fourth-order valence-corrected chi connectivity index (χ4v) is 1.71. The number of benzene rings is 1. The third-order valence-corrected chi connectivity index (χ3v) is 2.51. The summed E-state index contributed by atoms with van der Waals surface area (Å²) in [6, 6.07) is 4.05. The Balaban J connectivity index is 2.61. The summed E-state index contributed by atoms with van der Waals surface area (Å²) in [5.74, 6) is -0.702. The molecule has 18 heavy (non-hydrogen) atoms. The molecule has 5 nitrogen and oxygen atoms in total. The maximum Gasteiger partial charge on any atom is 0.511 e. The van der Waals surface area contributed by atoms with E-state index in [1.54, 1.807) is 0 Å². The zero-order valence-corrected chi connectivity index (χ0v) is 9.86. The smallest absolute Gasteiger partial charge is 0.449 e. The molecule has 94 valence electrons. The second kappa shape index (κ2) is 4.66. The highest BCUT2D eigenvalue weighted by molar-refractivity contribution is 6.33. The van der Waals surface area contributed by atoms with Crippen molar-refractivity contribution in [1.82, 2.24) is 5.16 Å². The van der Waals surface area contributed by atoms with Gasteiger partial charge in [-0.15, -0.1) is 0 Å². The van der Waals surface area contributed by atoms with Gasteiger partial charge in [0.05, 0.1) is 10.6 Å². The summed E-state index contributed by atoms with van der Waals surface area (Å²) in [5, 5.41) is 12.3. The fourth-order valence-electron chi connectivity index (χ4n) is 1.45. The molecule has 0 aliphatic heterocycles. The summed E-state index contributed by atoms with van der Waals surface area (Å²) in [5.41, 5.74) is -0.148. The van der Waals surface area contributed by atoms with Crippen molar-refractivity contribution in [2.24, 2.45) is 0 Å². The van der Waals surface area contributed by atoms with Crippen molar-refractivity contribution in [2.45, 2.75) is 6.92 Å². The highest BCUT2D eigenvalue weighted by atomic mass is 35.5. The van der Waals surface area contributed by atoms with Gasteiger partial charge < -0.3 is 14.4 Å². The molecule has 0 aliphatic rings. The molecule has 0 spiro atoms. The van der Waals surface area contributed by atoms with Gasteiger partial charge in [-0.25, -0.2) is 9.18 Å². The topological polar surface area (TPSA) is 72.6 Å². The minimum absolute atomic E-state index is 0.0627. The van der Waals surface area contributed by atoms with E-state index >= 15 is 0 Å². The number of halogens is 2. The highest BCUT2D eigenvalue weighted by Gasteiger charge is 2.23. The summed E-state index contributed by atoms with van der Waals surface area (Å²) in [4.78, 5) is 10.6. The number of rotatable bonds is 2. The van der Waals surface area contributed by atoms with E-state index < -0.39 is 12.0 Å². The molecular formula is C11H7ClFNO4. The van der Waals surface area contributed by atoms with Crippen molar-refractivity contribution in [2.75, 3.05) is 0 Å². The Morgan fingerprint density at radius 1 is 1.56 bits per heavy atom. The molecule has 7 heteroatoms. The maximum atomic E-state index is 13.7. The molecule has 0 saturated heterocycles. The van der Waals surface area contributed by atoms with Gasteiger partial charge in [-0.1, -0.05) is 22.8 Å². The van der Waals surface area contributed by atoms with Gasteiger partial charge in [-0.3, -0.25) is 0 Å². The Kier molecular flexibility index (Phi) is 3.20. The summed E-state index contributed by atoms with van der Waals surface area (Å²) < 4.78 is 23.0. The first-order valence-corrected chi connectivity index (χ1v) is 5.20. The van der Waals surface area contributed by atoms with Gasteiger partial charge in [0.15, 0.2) is 11.5 Å². The van der Waals surface area contributed by atoms with E-state index in [0.29, 0.717) is 0 Å². The van der Waals surface area contributed by atoms with Crippen molar-refractivity contribution in [3.63, 3.8) is 0 Å². The lowest BCUT2D eigenvalue weighted by Crippen LogP contribution is -2.04. The largest absolute Gasteiger partial charge is 0.511 e. The van der Waals surface area contributed by atoms with Crippen LogP contribution in [0.4, 0.5) is 9.18 Å². The van der Waals surface area contributed by atoms with Crippen LogP contribution in [0.3, 0.4) is 0 Å². The van der Waals surface area contributed by atoms with E-state index in [0.717, 1.165) is 0 Å². The third kappa shape index (κ3) is 2.14. The molecule has 1 N–H and O–H groups in total. The Labute approximate surface area is 106 Å². The number of ether oxygens (including phenoxy) is 1. The monoisotopic (exact) mass is 271 g/mol. The Bertz CT molecular complexity index is 591. The van der Waals surface area contributed by atoms with Crippen LogP contribution >= 0.6 is 11.6 Å². The number of aromatic nitrogens is 1. The van der Waals surface area contributed by atoms with Crippen molar-refractivity contribution in [3.8, 4) is 17.0 Å². The molecule has 0 amide bonds. The average molecular weight is 272 g/mol. The van der Waals surface area contributed by atoms with Crippen molar-refractivity contribution < 1.29 is 23.6 Å². The predicted octanol–water partition coefficient (Wildman–Crippen LogP) is 3.50. The standard InChI is InChI=1S/C11H7ClFNO4/c1-5-10(17-11(15)16)9(14-18-5)8-6(12)3-2-4-7(8)13/h2-4H,1H3,(H,15,16). The number of carbonyl (C=O) groups is 1. The Hall–Kier alpha value is -2.08. The molecule has 0 atom stereocenters. The number of carboxylic acid groups (broad SMARTS) is 1. The van der Waals surface area contributed by atoms with E-state index in [9.17, 15) is 9.18 Å². The van der Waals surface area contributed by atoms with Gasteiger partial charge in [0.2, 0.25) is 5.75 Å². The molecule has 0 aliphatic carbocycles. The van der Waals surface area contributed by atoms with Crippen LogP contribution in [0.2, 0.25) is 5.02 Å². The summed E-state index contributed by atoms with van der Waals surface area (Å²) >= 11 is 5.86. The van der Waals surface area contributed by atoms with E-state index in [2.05, 4.69) is 9.89 Å². The van der Waals surface area contributed by atoms with Crippen molar-refractivity contribution in [3.05, 3.63) is 34.8 Å². The van der Waals surface area contributed by atoms with E-state index in [1.165, 1.54) is 25.1 Å². The SMILES string of the molecule is Cc1onc(-c2c(F)cccc2Cl)c1OC(=O)O. The lowest BCUT2D eigenvalue weighted by molar-refractivity contribution is 0.143.